The number of benzene rings is 1. The number of nitrogens with zero attached hydrogens (tertiary/aromatic N) is 3. The summed E-state index contributed by atoms with van der Waals surface area (Å²) in [6.07, 6.45) is -0.0824. The zero-order valence-corrected chi connectivity index (χ0v) is 16.4. The SMILES string of the molecule is CN(C)C(=O)c1ccc2c(c1)N(C)[C@H](CC(=O)NCCN1CCOC1=O)CO2. The maximum absolute atomic E-state index is 12.3. The molecule has 3 amide bonds. The number of amides is 3. The van der Waals surface area contributed by atoms with Gasteiger partial charge in [-0.25, -0.2) is 4.79 Å². The minimum atomic E-state index is -0.339. The Morgan fingerprint density at radius 1 is 1.29 bits per heavy atom. The molecule has 28 heavy (non-hydrogen) atoms. The van der Waals surface area contributed by atoms with Gasteiger partial charge < -0.3 is 29.5 Å². The van der Waals surface area contributed by atoms with Crippen molar-refractivity contribution >= 4 is 23.6 Å². The monoisotopic (exact) mass is 390 g/mol. The van der Waals surface area contributed by atoms with E-state index in [-0.39, 0.29) is 30.4 Å². The van der Waals surface area contributed by atoms with E-state index in [1.165, 1.54) is 4.90 Å². The molecule has 1 N–H and O–H groups in total. The van der Waals surface area contributed by atoms with Crippen molar-refractivity contribution in [3.05, 3.63) is 23.8 Å². The van der Waals surface area contributed by atoms with Gasteiger partial charge in [-0.3, -0.25) is 9.59 Å². The van der Waals surface area contributed by atoms with E-state index >= 15 is 0 Å². The standard InChI is InChI=1S/C19H26N4O5/c1-21(2)18(25)13-4-5-16-15(10-13)22(3)14(12-28-16)11-17(24)20-6-7-23-8-9-27-19(23)26/h4-5,10,14H,6-9,11-12H2,1-3H3,(H,20,24)/t14-/m1/s1. The molecule has 1 atom stereocenters. The Morgan fingerprint density at radius 3 is 2.75 bits per heavy atom. The smallest absolute Gasteiger partial charge is 0.409 e. The number of fused-ring (bicyclic) bond motifs is 1. The molecule has 0 spiro atoms. The van der Waals surface area contributed by atoms with Crippen LogP contribution in [0.3, 0.4) is 0 Å². The minimum Gasteiger partial charge on any atom is -0.489 e. The highest BCUT2D eigenvalue weighted by Crippen LogP contribution is 2.34. The fourth-order valence-corrected chi connectivity index (χ4v) is 3.24. The highest BCUT2D eigenvalue weighted by Gasteiger charge is 2.28. The average molecular weight is 390 g/mol. The maximum Gasteiger partial charge on any atom is 0.409 e. The van der Waals surface area contributed by atoms with Crippen LogP contribution in [-0.2, 0) is 9.53 Å². The third-order valence-corrected chi connectivity index (χ3v) is 4.94. The van der Waals surface area contributed by atoms with Crippen LogP contribution < -0.4 is 15.0 Å². The van der Waals surface area contributed by atoms with Crippen LogP contribution in [0.5, 0.6) is 5.75 Å². The molecule has 0 unspecified atom stereocenters. The van der Waals surface area contributed by atoms with Crippen LogP contribution in [0, 0.1) is 0 Å². The molecule has 152 valence electrons. The number of hydrogen-bond acceptors (Lipinski definition) is 6. The number of hydrogen-bond donors (Lipinski definition) is 1. The zero-order chi connectivity index (χ0) is 20.3. The second kappa shape index (κ2) is 8.37. The van der Waals surface area contributed by atoms with Gasteiger partial charge in [-0.2, -0.15) is 0 Å². The van der Waals surface area contributed by atoms with Gasteiger partial charge in [0.2, 0.25) is 5.91 Å². The maximum atomic E-state index is 12.3. The van der Waals surface area contributed by atoms with Crippen molar-refractivity contribution in [3.63, 3.8) is 0 Å². The van der Waals surface area contributed by atoms with Gasteiger partial charge in [-0.15, -0.1) is 0 Å². The first-order valence-corrected chi connectivity index (χ1v) is 9.26. The van der Waals surface area contributed by atoms with Crippen LogP contribution in [-0.4, -0.2) is 87.7 Å². The van der Waals surface area contributed by atoms with Crippen molar-refractivity contribution in [2.24, 2.45) is 0 Å². The molecule has 2 aliphatic rings. The van der Waals surface area contributed by atoms with Crippen molar-refractivity contribution in [2.45, 2.75) is 12.5 Å². The van der Waals surface area contributed by atoms with E-state index in [2.05, 4.69) is 5.32 Å². The first-order valence-electron chi connectivity index (χ1n) is 9.26. The molecule has 0 aromatic heterocycles. The van der Waals surface area contributed by atoms with Gasteiger partial charge in [-0.1, -0.05) is 0 Å². The van der Waals surface area contributed by atoms with Crippen LogP contribution >= 0.6 is 0 Å². The highest BCUT2D eigenvalue weighted by molar-refractivity contribution is 5.95. The average Bonchev–Trinajstić information content (AvgIpc) is 3.08. The summed E-state index contributed by atoms with van der Waals surface area (Å²) in [6, 6.07) is 5.18. The highest BCUT2D eigenvalue weighted by atomic mass is 16.6. The number of cyclic esters (lactones) is 1. The second-order valence-corrected chi connectivity index (χ2v) is 7.11. The van der Waals surface area contributed by atoms with Gasteiger partial charge in [0.25, 0.3) is 5.91 Å². The van der Waals surface area contributed by atoms with E-state index in [4.69, 9.17) is 9.47 Å². The fourth-order valence-electron chi connectivity index (χ4n) is 3.24. The second-order valence-electron chi connectivity index (χ2n) is 7.11. The number of carbonyl (C=O) groups excluding carboxylic acids is 3. The van der Waals surface area contributed by atoms with E-state index in [1.807, 2.05) is 11.9 Å². The number of nitrogens with one attached hydrogen (secondary N) is 1. The van der Waals surface area contributed by atoms with E-state index in [0.717, 1.165) is 5.69 Å². The van der Waals surface area contributed by atoms with Crippen LogP contribution in [0.1, 0.15) is 16.8 Å². The lowest BCUT2D eigenvalue weighted by Crippen LogP contribution is -2.44. The Morgan fingerprint density at radius 2 is 2.07 bits per heavy atom. The molecule has 2 heterocycles. The molecule has 9 heteroatoms. The van der Waals surface area contributed by atoms with Gasteiger partial charge >= 0.3 is 6.09 Å². The van der Waals surface area contributed by atoms with E-state index in [0.29, 0.717) is 44.2 Å². The summed E-state index contributed by atoms with van der Waals surface area (Å²) in [7, 11) is 5.30. The number of carbonyl (C=O) groups is 3. The lowest BCUT2D eigenvalue weighted by molar-refractivity contribution is -0.121. The fraction of sp³-hybridized carbons (Fsp3) is 0.526. The van der Waals surface area contributed by atoms with Gasteiger partial charge in [0.15, 0.2) is 0 Å². The minimum absolute atomic E-state index is 0.0866. The largest absolute Gasteiger partial charge is 0.489 e. The van der Waals surface area contributed by atoms with Crippen LogP contribution in [0.2, 0.25) is 0 Å². The molecular formula is C19H26N4O5. The van der Waals surface area contributed by atoms with E-state index in [9.17, 15) is 14.4 Å². The van der Waals surface area contributed by atoms with Crippen molar-refractivity contribution < 1.29 is 23.9 Å². The van der Waals surface area contributed by atoms with Crippen LogP contribution in [0.25, 0.3) is 0 Å². The zero-order valence-electron chi connectivity index (χ0n) is 16.4. The number of ether oxygens (including phenoxy) is 2. The lowest BCUT2D eigenvalue weighted by Gasteiger charge is -2.35. The predicted molar refractivity (Wildman–Crippen MR) is 103 cm³/mol. The van der Waals surface area contributed by atoms with Gasteiger partial charge in [0.1, 0.15) is 19.0 Å². The topological polar surface area (TPSA) is 91.4 Å². The molecule has 1 aromatic rings. The summed E-state index contributed by atoms with van der Waals surface area (Å²) in [4.78, 5) is 41.0. The first-order chi connectivity index (χ1) is 13.4. The Kier molecular flexibility index (Phi) is 5.91. The van der Waals surface area contributed by atoms with Crippen molar-refractivity contribution in [3.8, 4) is 5.75 Å². The Hall–Kier alpha value is -2.97. The molecule has 0 bridgehead atoms. The number of rotatable bonds is 6. The molecule has 1 fully saturated rings. The van der Waals surface area contributed by atoms with E-state index < -0.39 is 0 Å². The van der Waals surface area contributed by atoms with Gasteiger partial charge in [-0.05, 0) is 18.2 Å². The number of likely N-dealkylation sites (N-methyl/N-ethyl adjacent to an activating group) is 1. The van der Waals surface area contributed by atoms with Crippen molar-refractivity contribution in [1.82, 2.24) is 15.1 Å². The predicted octanol–water partition coefficient (Wildman–Crippen LogP) is 0.544. The van der Waals surface area contributed by atoms with Gasteiger partial charge in [0.05, 0.1) is 24.7 Å². The third kappa shape index (κ3) is 4.29. The summed E-state index contributed by atoms with van der Waals surface area (Å²) < 4.78 is 10.6. The summed E-state index contributed by atoms with van der Waals surface area (Å²) in [5.41, 5.74) is 1.36. The van der Waals surface area contributed by atoms with Crippen molar-refractivity contribution in [2.75, 3.05) is 58.9 Å². The molecule has 9 nitrogen and oxygen atoms in total. The molecule has 2 aliphatic heterocycles. The molecule has 1 saturated heterocycles. The van der Waals surface area contributed by atoms with E-state index in [1.54, 1.807) is 37.2 Å². The lowest BCUT2D eigenvalue weighted by atomic mass is 10.1. The summed E-state index contributed by atoms with van der Waals surface area (Å²) in [6.45, 7) is 2.15. The molecule has 0 aliphatic carbocycles. The molecule has 0 saturated carbocycles. The molecule has 1 aromatic carbocycles. The molecule has 3 rings (SSSR count). The quantitative estimate of drug-likeness (QED) is 0.763. The Balaban J connectivity index is 1.56. The van der Waals surface area contributed by atoms with Gasteiger partial charge in [0, 0.05) is 39.8 Å². The number of anilines is 1. The summed E-state index contributed by atoms with van der Waals surface area (Å²) in [5, 5.41) is 2.84. The first kappa shape index (κ1) is 19.8. The molecule has 0 radical (unpaired) electrons. The Labute approximate surface area is 164 Å². The third-order valence-electron chi connectivity index (χ3n) is 4.94. The van der Waals surface area contributed by atoms with Crippen LogP contribution in [0.15, 0.2) is 18.2 Å². The normalized spacial score (nSPS) is 18.2. The Bertz CT molecular complexity index is 767. The van der Waals surface area contributed by atoms with Crippen molar-refractivity contribution in [1.29, 1.82) is 0 Å². The van der Waals surface area contributed by atoms with Crippen LogP contribution in [0.4, 0.5) is 10.5 Å². The summed E-state index contributed by atoms with van der Waals surface area (Å²) >= 11 is 0. The summed E-state index contributed by atoms with van der Waals surface area (Å²) in [5.74, 6) is 0.496. The molecular weight excluding hydrogens is 364 g/mol.